The summed E-state index contributed by atoms with van der Waals surface area (Å²) in [5.41, 5.74) is 5.71. The Labute approximate surface area is 129 Å². The van der Waals surface area contributed by atoms with Crippen LogP contribution in [0.4, 0.5) is 0 Å². The second-order valence-corrected chi connectivity index (χ2v) is 5.32. The molecule has 1 rings (SSSR count). The normalized spacial score (nSPS) is 12.0. The summed E-state index contributed by atoms with van der Waals surface area (Å²) < 4.78 is 0. The zero-order chi connectivity index (χ0) is 16.7. The van der Waals surface area contributed by atoms with Crippen LogP contribution in [0.1, 0.15) is 37.0 Å². The van der Waals surface area contributed by atoms with Gasteiger partial charge in [-0.15, -0.1) is 0 Å². The minimum atomic E-state index is -1.20. The van der Waals surface area contributed by atoms with Crippen LogP contribution in [-0.2, 0) is 9.59 Å². The summed E-state index contributed by atoms with van der Waals surface area (Å²) in [7, 11) is 0. The molecule has 0 aliphatic rings. The highest BCUT2D eigenvalue weighted by Crippen LogP contribution is 2.16. The number of carboxylic acid groups (broad SMARTS) is 1. The van der Waals surface area contributed by atoms with Crippen LogP contribution in [0.25, 0.3) is 0 Å². The van der Waals surface area contributed by atoms with Gasteiger partial charge in [-0.05, 0) is 31.5 Å². The molecule has 0 radical (unpaired) electrons. The third-order valence-corrected chi connectivity index (χ3v) is 3.25. The molecule has 1 aromatic carbocycles. The Morgan fingerprint density at radius 2 is 1.77 bits per heavy atom. The molecule has 0 aliphatic carbocycles. The van der Waals surface area contributed by atoms with Gasteiger partial charge in [-0.25, -0.2) is 4.79 Å². The third kappa shape index (κ3) is 4.39. The van der Waals surface area contributed by atoms with Crippen molar-refractivity contribution in [2.45, 2.75) is 32.7 Å². The molecule has 0 bridgehead atoms. The minimum absolute atomic E-state index is 0.142. The van der Waals surface area contributed by atoms with Crippen molar-refractivity contribution in [1.29, 1.82) is 0 Å². The summed E-state index contributed by atoms with van der Waals surface area (Å²) in [6, 6.07) is 7.00. The van der Waals surface area contributed by atoms with Gasteiger partial charge in [0.2, 0.25) is 5.91 Å². The lowest BCUT2D eigenvalue weighted by atomic mass is 10.0. The molecule has 0 saturated heterocycles. The Morgan fingerprint density at radius 3 is 2.23 bits per heavy atom. The summed E-state index contributed by atoms with van der Waals surface area (Å²) in [6.07, 6.45) is 0.559. The van der Waals surface area contributed by atoms with Gasteiger partial charge in [0.15, 0.2) is 0 Å². The topological polar surface area (TPSA) is 101 Å². The number of imide groups is 1. The van der Waals surface area contributed by atoms with Gasteiger partial charge >= 0.3 is 5.97 Å². The largest absolute Gasteiger partial charge is 0.480 e. The Balaban J connectivity index is 3.19. The van der Waals surface area contributed by atoms with Crippen LogP contribution in [0.15, 0.2) is 30.3 Å². The second-order valence-electron chi connectivity index (χ2n) is 5.32. The number of rotatable bonds is 7. The SMILES string of the molecule is CC(C)C(=O)N(C(=O)c1ccccc1)C(CCCN)C(=O)O. The number of carbonyl (C=O) groups is 3. The van der Waals surface area contributed by atoms with E-state index in [1.54, 1.807) is 44.2 Å². The van der Waals surface area contributed by atoms with Crippen LogP contribution in [0, 0.1) is 5.92 Å². The van der Waals surface area contributed by atoms with E-state index in [9.17, 15) is 19.5 Å². The third-order valence-electron chi connectivity index (χ3n) is 3.25. The van der Waals surface area contributed by atoms with Gasteiger partial charge in [-0.1, -0.05) is 32.0 Å². The van der Waals surface area contributed by atoms with E-state index in [2.05, 4.69) is 0 Å². The molecule has 3 N–H and O–H groups in total. The monoisotopic (exact) mass is 306 g/mol. The van der Waals surface area contributed by atoms with E-state index >= 15 is 0 Å². The van der Waals surface area contributed by atoms with Crippen molar-refractivity contribution in [3.63, 3.8) is 0 Å². The zero-order valence-corrected chi connectivity index (χ0v) is 12.9. The second kappa shape index (κ2) is 8.29. The van der Waals surface area contributed by atoms with Crippen molar-refractivity contribution < 1.29 is 19.5 Å². The van der Waals surface area contributed by atoms with Gasteiger partial charge in [-0.3, -0.25) is 14.5 Å². The number of nitrogens with zero attached hydrogens (tertiary/aromatic N) is 1. The number of hydrogen-bond acceptors (Lipinski definition) is 4. The molecule has 2 amide bonds. The number of nitrogens with two attached hydrogens (primary N) is 1. The van der Waals surface area contributed by atoms with Crippen molar-refractivity contribution in [3.05, 3.63) is 35.9 Å². The van der Waals surface area contributed by atoms with Crippen LogP contribution in [0.5, 0.6) is 0 Å². The number of benzene rings is 1. The summed E-state index contributed by atoms with van der Waals surface area (Å²) >= 11 is 0. The maximum atomic E-state index is 12.6. The van der Waals surface area contributed by atoms with E-state index in [0.717, 1.165) is 4.90 Å². The molecule has 0 spiro atoms. The van der Waals surface area contributed by atoms with Gasteiger partial charge in [0.05, 0.1) is 0 Å². The van der Waals surface area contributed by atoms with E-state index in [1.807, 2.05) is 0 Å². The average molecular weight is 306 g/mol. The fourth-order valence-corrected chi connectivity index (χ4v) is 2.07. The molecule has 0 aromatic heterocycles. The molecule has 6 nitrogen and oxygen atoms in total. The maximum Gasteiger partial charge on any atom is 0.326 e. The number of aliphatic carboxylic acids is 1. The van der Waals surface area contributed by atoms with Crippen molar-refractivity contribution in [2.75, 3.05) is 6.54 Å². The molecule has 1 unspecified atom stereocenters. The highest BCUT2D eigenvalue weighted by molar-refractivity contribution is 6.07. The molecular formula is C16H22N2O4. The quantitative estimate of drug-likeness (QED) is 0.795. The first-order valence-corrected chi connectivity index (χ1v) is 7.25. The van der Waals surface area contributed by atoms with E-state index in [0.29, 0.717) is 13.0 Å². The molecule has 0 saturated carbocycles. The highest BCUT2D eigenvalue weighted by atomic mass is 16.4. The van der Waals surface area contributed by atoms with Crippen molar-refractivity contribution in [1.82, 2.24) is 4.90 Å². The first-order valence-electron chi connectivity index (χ1n) is 7.25. The lowest BCUT2D eigenvalue weighted by Gasteiger charge is -2.28. The van der Waals surface area contributed by atoms with E-state index in [1.165, 1.54) is 0 Å². The Hall–Kier alpha value is -2.21. The van der Waals surface area contributed by atoms with Gasteiger partial charge < -0.3 is 10.8 Å². The molecule has 0 fully saturated rings. The smallest absolute Gasteiger partial charge is 0.326 e. The summed E-state index contributed by atoms with van der Waals surface area (Å²) in [4.78, 5) is 37.4. The maximum absolute atomic E-state index is 12.6. The minimum Gasteiger partial charge on any atom is -0.480 e. The standard InChI is InChI=1S/C16H22N2O4/c1-11(2)14(19)18(13(16(21)22)9-6-10-17)15(20)12-7-4-3-5-8-12/h3-5,7-8,11,13H,6,9-10,17H2,1-2H3,(H,21,22). The van der Waals surface area contributed by atoms with E-state index in [-0.39, 0.29) is 12.0 Å². The molecule has 1 aromatic rings. The van der Waals surface area contributed by atoms with E-state index in [4.69, 9.17) is 5.73 Å². The fraction of sp³-hybridized carbons (Fsp3) is 0.438. The van der Waals surface area contributed by atoms with Gasteiger partial charge in [0.25, 0.3) is 5.91 Å². The molecule has 0 heterocycles. The molecular weight excluding hydrogens is 284 g/mol. The first-order chi connectivity index (χ1) is 10.4. The molecule has 22 heavy (non-hydrogen) atoms. The molecule has 0 aliphatic heterocycles. The van der Waals surface area contributed by atoms with Crippen molar-refractivity contribution in [3.8, 4) is 0 Å². The summed E-state index contributed by atoms with van der Waals surface area (Å²) in [5.74, 6) is -2.78. The first kappa shape index (κ1) is 17.8. The van der Waals surface area contributed by atoms with Gasteiger partial charge in [0, 0.05) is 11.5 Å². The zero-order valence-electron chi connectivity index (χ0n) is 12.9. The molecule has 120 valence electrons. The highest BCUT2D eigenvalue weighted by Gasteiger charge is 2.35. The fourth-order valence-electron chi connectivity index (χ4n) is 2.07. The molecule has 1 atom stereocenters. The lowest BCUT2D eigenvalue weighted by Crippen LogP contribution is -2.50. The van der Waals surface area contributed by atoms with Gasteiger partial charge in [0.1, 0.15) is 6.04 Å². The number of amides is 2. The number of hydrogen-bond donors (Lipinski definition) is 2. The Morgan fingerprint density at radius 1 is 1.18 bits per heavy atom. The van der Waals surface area contributed by atoms with Crippen LogP contribution in [0.3, 0.4) is 0 Å². The van der Waals surface area contributed by atoms with Crippen LogP contribution < -0.4 is 5.73 Å². The lowest BCUT2D eigenvalue weighted by molar-refractivity contribution is -0.149. The Kier molecular flexibility index (Phi) is 6.72. The Bertz CT molecular complexity index is 528. The van der Waals surface area contributed by atoms with Crippen LogP contribution >= 0.6 is 0 Å². The van der Waals surface area contributed by atoms with Crippen molar-refractivity contribution in [2.24, 2.45) is 11.7 Å². The summed E-state index contributed by atoms with van der Waals surface area (Å²) in [6.45, 7) is 3.57. The number of carboxylic acids is 1. The average Bonchev–Trinajstić information content (AvgIpc) is 2.50. The van der Waals surface area contributed by atoms with E-state index < -0.39 is 29.7 Å². The van der Waals surface area contributed by atoms with Crippen LogP contribution in [0.2, 0.25) is 0 Å². The van der Waals surface area contributed by atoms with Gasteiger partial charge in [-0.2, -0.15) is 0 Å². The van der Waals surface area contributed by atoms with Crippen molar-refractivity contribution >= 4 is 17.8 Å². The number of carbonyl (C=O) groups excluding carboxylic acids is 2. The summed E-state index contributed by atoms with van der Waals surface area (Å²) in [5, 5.41) is 9.41. The molecule has 6 heteroatoms. The van der Waals surface area contributed by atoms with Crippen LogP contribution in [-0.4, -0.2) is 40.4 Å². The predicted molar refractivity (Wildman–Crippen MR) is 82.2 cm³/mol. The predicted octanol–water partition coefficient (Wildman–Crippen LogP) is 1.50.